The molecule has 1 aliphatic carbocycles. The van der Waals surface area contributed by atoms with Crippen LogP contribution in [0.15, 0.2) is 72.6 Å². The van der Waals surface area contributed by atoms with Crippen LogP contribution in [0.25, 0.3) is 5.83 Å². The molecule has 0 bridgehead atoms. The third-order valence-corrected chi connectivity index (χ3v) is 7.35. The van der Waals surface area contributed by atoms with E-state index in [2.05, 4.69) is 4.74 Å². The predicted molar refractivity (Wildman–Crippen MR) is 141 cm³/mol. The van der Waals surface area contributed by atoms with Gasteiger partial charge in [0.25, 0.3) is 0 Å². The summed E-state index contributed by atoms with van der Waals surface area (Å²) in [5, 5.41) is 0. The van der Waals surface area contributed by atoms with Crippen LogP contribution in [-0.4, -0.2) is 0 Å². The van der Waals surface area contributed by atoms with Crippen LogP contribution in [0.1, 0.15) is 79.5 Å². The van der Waals surface area contributed by atoms with E-state index >= 15 is 0 Å². The van der Waals surface area contributed by atoms with E-state index in [1.54, 1.807) is 36.4 Å². The van der Waals surface area contributed by atoms with Gasteiger partial charge in [-0.2, -0.15) is 8.78 Å². The van der Waals surface area contributed by atoms with Crippen LogP contribution in [0.4, 0.5) is 35.1 Å². The van der Waals surface area contributed by atoms with Crippen molar-refractivity contribution in [1.82, 2.24) is 0 Å². The Balaban J connectivity index is 1.38. The molecule has 218 valence electrons. The summed E-state index contributed by atoms with van der Waals surface area (Å²) in [5.41, 5.74) is 0.544. The molecule has 1 aliphatic rings. The van der Waals surface area contributed by atoms with E-state index in [-0.39, 0.29) is 36.0 Å². The quantitative estimate of drug-likeness (QED) is 0.139. The fraction of sp³-hybridized carbons (Fsp3) is 0.312. The summed E-state index contributed by atoms with van der Waals surface area (Å²) in [6.07, 6.45) is 2.43. The molecule has 3 aromatic carbocycles. The Bertz CT molecular complexity index is 1400. The monoisotopic (exact) mass is 580 g/mol. The molecule has 1 nitrogen and oxygen atoms in total. The van der Waals surface area contributed by atoms with E-state index in [9.17, 15) is 35.1 Å². The molecule has 0 unspecified atom stereocenters. The number of benzene rings is 3. The van der Waals surface area contributed by atoms with Crippen LogP contribution < -0.4 is 4.74 Å². The van der Waals surface area contributed by atoms with Crippen LogP contribution in [0, 0.1) is 23.3 Å². The number of ether oxygens (including phenoxy) is 1. The fourth-order valence-electron chi connectivity index (χ4n) is 5.12. The van der Waals surface area contributed by atoms with Gasteiger partial charge < -0.3 is 4.74 Å². The molecule has 0 N–H and O–H groups in total. The summed E-state index contributed by atoms with van der Waals surface area (Å²) >= 11 is 0. The summed E-state index contributed by atoms with van der Waals surface area (Å²) in [6, 6.07) is 10.4. The zero-order chi connectivity index (χ0) is 29.7. The largest absolute Gasteiger partial charge is 0.429 e. The van der Waals surface area contributed by atoms with E-state index in [0.29, 0.717) is 24.8 Å². The van der Waals surface area contributed by atoms with Crippen molar-refractivity contribution in [1.29, 1.82) is 0 Å². The first-order valence-corrected chi connectivity index (χ1v) is 13.3. The SMILES string of the molecule is CC=CCCC(F)=C(F)c1ccc(C2CCC(c3ccc(C(F)(F)Oc4cc(F)c(F)c(F)c4)c(F)c3)CC2)cc1. The zero-order valence-electron chi connectivity index (χ0n) is 22.2. The number of hydrogen-bond acceptors (Lipinski definition) is 1. The van der Waals surface area contributed by atoms with E-state index in [0.717, 1.165) is 30.5 Å². The Morgan fingerprint density at radius 3 is 1.93 bits per heavy atom. The minimum Gasteiger partial charge on any atom is -0.429 e. The molecular weight excluding hydrogens is 552 g/mol. The van der Waals surface area contributed by atoms with E-state index < -0.39 is 52.3 Å². The summed E-state index contributed by atoms with van der Waals surface area (Å²) < 4.78 is 117. The number of alkyl halides is 2. The van der Waals surface area contributed by atoms with Gasteiger partial charge in [0, 0.05) is 24.1 Å². The molecule has 3 aromatic rings. The average molecular weight is 581 g/mol. The molecule has 0 aliphatic heterocycles. The van der Waals surface area contributed by atoms with E-state index in [4.69, 9.17) is 0 Å². The van der Waals surface area contributed by atoms with Gasteiger partial charge in [-0.3, -0.25) is 0 Å². The molecule has 1 saturated carbocycles. The molecule has 4 rings (SSSR count). The molecular formula is C32H28F8O. The Morgan fingerprint density at radius 2 is 1.37 bits per heavy atom. The van der Waals surface area contributed by atoms with E-state index in [1.807, 2.05) is 6.92 Å². The fourth-order valence-corrected chi connectivity index (χ4v) is 5.12. The second-order valence-corrected chi connectivity index (χ2v) is 10.1. The highest BCUT2D eigenvalue weighted by Gasteiger charge is 2.38. The maximum atomic E-state index is 14.8. The van der Waals surface area contributed by atoms with Crippen LogP contribution >= 0.6 is 0 Å². The second kappa shape index (κ2) is 12.9. The van der Waals surface area contributed by atoms with Crippen molar-refractivity contribution >= 4 is 5.83 Å². The van der Waals surface area contributed by atoms with Gasteiger partial charge in [-0.15, -0.1) is 0 Å². The van der Waals surface area contributed by atoms with Gasteiger partial charge in [0.15, 0.2) is 23.3 Å². The second-order valence-electron chi connectivity index (χ2n) is 10.1. The molecule has 0 spiro atoms. The molecule has 1 fully saturated rings. The smallest absolute Gasteiger partial charge is 0.429 e. The van der Waals surface area contributed by atoms with Crippen molar-refractivity contribution in [2.75, 3.05) is 0 Å². The van der Waals surface area contributed by atoms with Crippen LogP contribution in [-0.2, 0) is 6.11 Å². The Kier molecular flexibility index (Phi) is 9.56. The summed E-state index contributed by atoms with van der Waals surface area (Å²) in [5.74, 6) is -9.11. The van der Waals surface area contributed by atoms with Crippen LogP contribution in [0.5, 0.6) is 5.75 Å². The predicted octanol–water partition coefficient (Wildman–Crippen LogP) is 10.8. The first kappa shape index (κ1) is 30.3. The van der Waals surface area contributed by atoms with Gasteiger partial charge in [-0.1, -0.05) is 42.5 Å². The maximum Gasteiger partial charge on any atom is 0.429 e. The summed E-state index contributed by atoms with van der Waals surface area (Å²) in [7, 11) is 0. The molecule has 0 radical (unpaired) electrons. The zero-order valence-corrected chi connectivity index (χ0v) is 22.2. The molecule has 0 aromatic heterocycles. The van der Waals surface area contributed by atoms with E-state index in [1.165, 1.54) is 6.07 Å². The first-order chi connectivity index (χ1) is 19.5. The van der Waals surface area contributed by atoms with Gasteiger partial charge in [0.2, 0.25) is 0 Å². The lowest BCUT2D eigenvalue weighted by Crippen LogP contribution is -2.24. The Hall–Kier alpha value is -3.62. The van der Waals surface area contributed by atoms with Crippen molar-refractivity contribution in [3.05, 3.63) is 118 Å². The highest BCUT2D eigenvalue weighted by molar-refractivity contribution is 5.61. The third-order valence-electron chi connectivity index (χ3n) is 7.35. The molecule has 0 saturated heterocycles. The molecule has 0 heterocycles. The minimum absolute atomic E-state index is 0.0115. The van der Waals surface area contributed by atoms with Crippen molar-refractivity contribution < 1.29 is 39.9 Å². The van der Waals surface area contributed by atoms with Gasteiger partial charge >= 0.3 is 6.11 Å². The van der Waals surface area contributed by atoms with Crippen molar-refractivity contribution in [3.8, 4) is 5.75 Å². The number of allylic oxidation sites excluding steroid dienone is 3. The number of hydrogen-bond donors (Lipinski definition) is 0. The van der Waals surface area contributed by atoms with Crippen molar-refractivity contribution in [2.45, 2.75) is 63.4 Å². The molecule has 9 heteroatoms. The normalized spacial score (nSPS) is 18.5. The van der Waals surface area contributed by atoms with Crippen LogP contribution in [0.2, 0.25) is 0 Å². The maximum absolute atomic E-state index is 14.8. The summed E-state index contributed by atoms with van der Waals surface area (Å²) in [6.45, 7) is 1.81. The molecule has 0 atom stereocenters. The lowest BCUT2D eigenvalue weighted by molar-refractivity contribution is -0.187. The highest BCUT2D eigenvalue weighted by atomic mass is 19.3. The van der Waals surface area contributed by atoms with Crippen molar-refractivity contribution in [3.63, 3.8) is 0 Å². The lowest BCUT2D eigenvalue weighted by atomic mass is 9.76. The highest BCUT2D eigenvalue weighted by Crippen LogP contribution is 2.42. The minimum atomic E-state index is -4.27. The lowest BCUT2D eigenvalue weighted by Gasteiger charge is -2.29. The molecule has 41 heavy (non-hydrogen) atoms. The van der Waals surface area contributed by atoms with Gasteiger partial charge in [-0.05, 0) is 74.1 Å². The Morgan fingerprint density at radius 1 is 0.805 bits per heavy atom. The summed E-state index contributed by atoms with van der Waals surface area (Å²) in [4.78, 5) is 0. The van der Waals surface area contributed by atoms with Crippen molar-refractivity contribution in [2.24, 2.45) is 0 Å². The van der Waals surface area contributed by atoms with Gasteiger partial charge in [-0.25, -0.2) is 26.3 Å². The standard InChI is InChI=1S/C32H28F8O/c1-2-3-4-5-26(33)30(37)22-12-10-20(11-13-22)19-6-8-21(9-7-19)23-14-15-25(27(34)16-23)32(39,40)41-24-17-28(35)31(38)29(36)18-24/h2-3,10-19,21H,4-9H2,1H3. The van der Waals surface area contributed by atoms with Gasteiger partial charge in [0.1, 0.15) is 17.4 Å². The third kappa shape index (κ3) is 7.18. The average Bonchev–Trinajstić information content (AvgIpc) is 2.95. The Labute approximate surface area is 233 Å². The number of halogens is 8. The molecule has 0 amide bonds. The first-order valence-electron chi connectivity index (χ1n) is 13.3. The van der Waals surface area contributed by atoms with Gasteiger partial charge in [0.05, 0.1) is 5.56 Å². The topological polar surface area (TPSA) is 9.23 Å². The van der Waals surface area contributed by atoms with Crippen LogP contribution in [0.3, 0.4) is 0 Å². The number of rotatable bonds is 9.